The molecule has 1 rings (SSSR count). The molecule has 0 aromatic heterocycles. The lowest BCUT2D eigenvalue weighted by Gasteiger charge is -1.98. The van der Waals surface area contributed by atoms with Gasteiger partial charge < -0.3 is 5.73 Å². The molecule has 8 heteroatoms. The Morgan fingerprint density at radius 3 is 2.38 bits per heavy atom. The van der Waals surface area contributed by atoms with E-state index in [-0.39, 0.29) is 10.0 Å². The van der Waals surface area contributed by atoms with Crippen molar-refractivity contribution in [2.75, 3.05) is 0 Å². The van der Waals surface area contributed by atoms with Gasteiger partial charge in [0, 0.05) is 0 Å². The Hall–Kier alpha value is -1.51. The molecular formula is C8H10N4O2S2. The lowest BCUT2D eigenvalue weighted by molar-refractivity contribution is 0.598. The van der Waals surface area contributed by atoms with E-state index in [9.17, 15) is 8.42 Å². The van der Waals surface area contributed by atoms with E-state index in [1.165, 1.54) is 18.3 Å². The third-order valence-electron chi connectivity index (χ3n) is 1.60. The number of benzene rings is 1. The molecule has 1 aromatic carbocycles. The predicted octanol–water partition coefficient (Wildman–Crippen LogP) is -0.499. The Balaban J connectivity index is 2.80. The van der Waals surface area contributed by atoms with Crippen molar-refractivity contribution >= 4 is 33.6 Å². The minimum atomic E-state index is -3.65. The quantitative estimate of drug-likeness (QED) is 0.384. The number of sulfonamides is 1. The summed E-state index contributed by atoms with van der Waals surface area (Å²) in [6.07, 6.45) is 1.45. The number of rotatable bonds is 3. The third kappa shape index (κ3) is 3.93. The zero-order chi connectivity index (χ0) is 12.2. The van der Waals surface area contributed by atoms with Gasteiger partial charge in [0.2, 0.25) is 10.0 Å². The van der Waals surface area contributed by atoms with Gasteiger partial charge in [-0.05, 0) is 29.9 Å². The molecule has 0 atom stereocenters. The number of hydrogen-bond acceptors (Lipinski definition) is 4. The van der Waals surface area contributed by atoms with Crippen LogP contribution in [0.3, 0.4) is 0 Å². The monoisotopic (exact) mass is 258 g/mol. The van der Waals surface area contributed by atoms with Crippen molar-refractivity contribution in [3.05, 3.63) is 29.8 Å². The maximum absolute atomic E-state index is 10.9. The van der Waals surface area contributed by atoms with Crippen LogP contribution < -0.4 is 16.3 Å². The summed E-state index contributed by atoms with van der Waals surface area (Å²) in [5, 5.41) is 8.70. The molecule has 0 aliphatic heterocycles. The minimum Gasteiger partial charge on any atom is -0.375 e. The molecule has 5 N–H and O–H groups in total. The molecule has 86 valence electrons. The molecule has 0 aliphatic carbocycles. The predicted molar refractivity (Wildman–Crippen MR) is 65.3 cm³/mol. The lowest BCUT2D eigenvalue weighted by atomic mass is 10.2. The van der Waals surface area contributed by atoms with Crippen molar-refractivity contribution in [1.29, 1.82) is 0 Å². The van der Waals surface area contributed by atoms with E-state index in [0.717, 1.165) is 0 Å². The van der Waals surface area contributed by atoms with Crippen molar-refractivity contribution in [2.24, 2.45) is 16.0 Å². The highest BCUT2D eigenvalue weighted by Crippen LogP contribution is 2.06. The number of hydrogen-bond donors (Lipinski definition) is 3. The van der Waals surface area contributed by atoms with E-state index < -0.39 is 10.0 Å². The van der Waals surface area contributed by atoms with Gasteiger partial charge in [-0.1, -0.05) is 12.1 Å². The van der Waals surface area contributed by atoms with Gasteiger partial charge in [0.1, 0.15) is 0 Å². The summed E-state index contributed by atoms with van der Waals surface area (Å²) in [5.41, 5.74) is 8.21. The largest absolute Gasteiger partial charge is 0.375 e. The van der Waals surface area contributed by atoms with E-state index in [2.05, 4.69) is 22.7 Å². The molecule has 6 nitrogen and oxygen atoms in total. The van der Waals surface area contributed by atoms with Crippen LogP contribution >= 0.6 is 12.2 Å². The van der Waals surface area contributed by atoms with Gasteiger partial charge in [0.15, 0.2) is 5.11 Å². The maximum atomic E-state index is 10.9. The summed E-state index contributed by atoms with van der Waals surface area (Å²) in [5.74, 6) is 0. The van der Waals surface area contributed by atoms with Gasteiger partial charge in [-0.2, -0.15) is 5.10 Å². The summed E-state index contributed by atoms with van der Waals surface area (Å²) in [6.45, 7) is 0. The Kier molecular flexibility index (Phi) is 3.93. The normalized spacial score (nSPS) is 11.6. The van der Waals surface area contributed by atoms with E-state index in [0.29, 0.717) is 5.56 Å². The summed E-state index contributed by atoms with van der Waals surface area (Å²) >= 11 is 4.54. The molecule has 0 radical (unpaired) electrons. The average Bonchev–Trinajstić information content (AvgIpc) is 2.16. The molecule has 0 heterocycles. The smallest absolute Gasteiger partial charge is 0.238 e. The van der Waals surface area contributed by atoms with Crippen LogP contribution in [-0.2, 0) is 10.0 Å². The molecule has 0 unspecified atom stereocenters. The summed E-state index contributed by atoms with van der Waals surface area (Å²) < 4.78 is 21.9. The van der Waals surface area contributed by atoms with Crippen LogP contribution in [-0.4, -0.2) is 19.7 Å². The maximum Gasteiger partial charge on any atom is 0.238 e. The second-order valence-electron chi connectivity index (χ2n) is 2.85. The molecular weight excluding hydrogens is 248 g/mol. The van der Waals surface area contributed by atoms with E-state index in [4.69, 9.17) is 10.9 Å². The number of nitrogens with zero attached hydrogens (tertiary/aromatic N) is 1. The molecule has 0 bridgehead atoms. The Morgan fingerprint density at radius 2 is 1.94 bits per heavy atom. The van der Waals surface area contributed by atoms with E-state index in [1.807, 2.05) is 0 Å². The fourth-order valence-corrected chi connectivity index (χ4v) is 1.48. The zero-order valence-electron chi connectivity index (χ0n) is 8.12. The number of hydrazone groups is 1. The van der Waals surface area contributed by atoms with Crippen LogP contribution in [0.5, 0.6) is 0 Å². The highest BCUT2D eigenvalue weighted by atomic mass is 32.2. The minimum absolute atomic E-state index is 0.0481. The molecule has 1 aromatic rings. The first-order chi connectivity index (χ1) is 7.39. The average molecular weight is 258 g/mol. The van der Waals surface area contributed by atoms with E-state index >= 15 is 0 Å². The fraction of sp³-hybridized carbons (Fsp3) is 0. The molecule has 0 spiro atoms. The van der Waals surface area contributed by atoms with Crippen LogP contribution in [0.2, 0.25) is 0 Å². The fourth-order valence-electron chi connectivity index (χ4n) is 0.914. The second kappa shape index (κ2) is 5.01. The Bertz CT molecular complexity index is 507. The Labute approximate surface area is 98.4 Å². The molecule has 0 amide bonds. The number of primary sulfonamides is 1. The van der Waals surface area contributed by atoms with Crippen LogP contribution in [0.1, 0.15) is 5.56 Å². The van der Waals surface area contributed by atoms with Gasteiger partial charge in [0.05, 0.1) is 11.1 Å². The first-order valence-electron chi connectivity index (χ1n) is 4.11. The van der Waals surface area contributed by atoms with Crippen molar-refractivity contribution in [3.63, 3.8) is 0 Å². The highest BCUT2D eigenvalue weighted by molar-refractivity contribution is 7.89. The summed E-state index contributed by atoms with van der Waals surface area (Å²) in [4.78, 5) is 0.0481. The third-order valence-corrected chi connectivity index (χ3v) is 2.62. The van der Waals surface area contributed by atoms with Crippen molar-refractivity contribution < 1.29 is 8.42 Å². The second-order valence-corrected chi connectivity index (χ2v) is 4.85. The van der Waals surface area contributed by atoms with Crippen molar-refractivity contribution in [2.45, 2.75) is 4.90 Å². The molecule has 0 saturated heterocycles. The van der Waals surface area contributed by atoms with Crippen LogP contribution in [0.15, 0.2) is 34.3 Å². The summed E-state index contributed by atoms with van der Waals surface area (Å²) in [6, 6.07) is 5.89. The van der Waals surface area contributed by atoms with Crippen molar-refractivity contribution in [1.82, 2.24) is 5.43 Å². The van der Waals surface area contributed by atoms with Crippen LogP contribution in [0, 0.1) is 0 Å². The van der Waals surface area contributed by atoms with E-state index in [1.54, 1.807) is 12.1 Å². The van der Waals surface area contributed by atoms with Gasteiger partial charge in [-0.15, -0.1) is 0 Å². The first-order valence-corrected chi connectivity index (χ1v) is 6.06. The highest BCUT2D eigenvalue weighted by Gasteiger charge is 2.05. The molecule has 16 heavy (non-hydrogen) atoms. The van der Waals surface area contributed by atoms with Gasteiger partial charge >= 0.3 is 0 Å². The number of nitrogens with one attached hydrogen (secondary N) is 1. The van der Waals surface area contributed by atoms with Gasteiger partial charge in [-0.25, -0.2) is 13.6 Å². The number of nitrogens with two attached hydrogens (primary N) is 2. The summed E-state index contributed by atoms with van der Waals surface area (Å²) in [7, 11) is -3.65. The molecule has 0 fully saturated rings. The SMILES string of the molecule is NC(=S)N/N=C\c1ccc(S(N)(=O)=O)cc1. The Morgan fingerprint density at radius 1 is 1.38 bits per heavy atom. The standard InChI is InChI=1S/C8H10N4O2S2/c9-8(15)12-11-5-6-1-3-7(4-2-6)16(10,13)14/h1-5H,(H3,9,12,15)(H2,10,13,14)/b11-5-. The first kappa shape index (κ1) is 12.6. The van der Waals surface area contributed by atoms with Gasteiger partial charge in [-0.3, -0.25) is 5.43 Å². The van der Waals surface area contributed by atoms with Gasteiger partial charge in [0.25, 0.3) is 0 Å². The van der Waals surface area contributed by atoms with Crippen molar-refractivity contribution in [3.8, 4) is 0 Å². The van der Waals surface area contributed by atoms with Crippen LogP contribution in [0.25, 0.3) is 0 Å². The topological polar surface area (TPSA) is 111 Å². The number of thiocarbonyl (C=S) groups is 1. The van der Waals surface area contributed by atoms with Crippen LogP contribution in [0.4, 0.5) is 0 Å². The molecule has 0 saturated carbocycles. The molecule has 0 aliphatic rings. The lowest BCUT2D eigenvalue weighted by Crippen LogP contribution is -2.23. The zero-order valence-corrected chi connectivity index (χ0v) is 9.75.